The summed E-state index contributed by atoms with van der Waals surface area (Å²) in [5, 5.41) is 17.6. The third-order valence-corrected chi connectivity index (χ3v) is 2.80. The van der Waals surface area contributed by atoms with E-state index < -0.39 is 0 Å². The minimum atomic E-state index is -0.243. The summed E-state index contributed by atoms with van der Waals surface area (Å²) in [6.07, 6.45) is 1.63. The molecule has 1 aromatic rings. The van der Waals surface area contributed by atoms with E-state index in [0.29, 0.717) is 0 Å². The lowest BCUT2D eigenvalue weighted by Gasteiger charge is -2.17. The summed E-state index contributed by atoms with van der Waals surface area (Å²) in [6.45, 7) is 8.58. The van der Waals surface area contributed by atoms with Crippen molar-refractivity contribution in [3.05, 3.63) is 11.6 Å². The van der Waals surface area contributed by atoms with Crippen molar-refractivity contribution in [1.82, 2.24) is 19.7 Å². The number of nitrogens with zero attached hydrogens (tertiary/aromatic N) is 4. The van der Waals surface area contributed by atoms with Gasteiger partial charge >= 0.3 is 0 Å². The Labute approximate surface area is 103 Å². The molecule has 0 aromatic carbocycles. The van der Waals surface area contributed by atoms with Crippen molar-refractivity contribution in [1.29, 1.82) is 0 Å². The highest BCUT2D eigenvalue weighted by atomic mass is 16.3. The molecule has 0 saturated heterocycles. The van der Waals surface area contributed by atoms with Gasteiger partial charge in [0.2, 0.25) is 0 Å². The Morgan fingerprint density at radius 3 is 2.71 bits per heavy atom. The minimum absolute atomic E-state index is 0.243. The average Bonchev–Trinajstić information content (AvgIpc) is 2.59. The molecule has 0 saturated carbocycles. The van der Waals surface area contributed by atoms with E-state index >= 15 is 0 Å². The molecule has 1 atom stereocenters. The first kappa shape index (κ1) is 14.1. The van der Waals surface area contributed by atoms with Crippen LogP contribution in [0.15, 0.2) is 0 Å². The fourth-order valence-corrected chi connectivity index (χ4v) is 1.78. The molecular weight excluding hydrogens is 216 g/mol. The van der Waals surface area contributed by atoms with Gasteiger partial charge in [0.05, 0.1) is 12.6 Å². The number of aryl methyl sites for hydroxylation is 1. The Kier molecular flexibility index (Phi) is 5.58. The predicted molar refractivity (Wildman–Crippen MR) is 67.7 cm³/mol. The summed E-state index contributed by atoms with van der Waals surface area (Å²) in [5.74, 6) is 1.99. The third kappa shape index (κ3) is 4.44. The van der Waals surface area contributed by atoms with Crippen LogP contribution < -0.4 is 0 Å². The van der Waals surface area contributed by atoms with Crippen LogP contribution in [0, 0.1) is 6.92 Å². The van der Waals surface area contributed by atoms with Crippen molar-refractivity contribution in [2.45, 2.75) is 52.8 Å². The quantitative estimate of drug-likeness (QED) is 0.778. The van der Waals surface area contributed by atoms with Crippen LogP contribution in [0.5, 0.6) is 0 Å². The van der Waals surface area contributed by atoms with Gasteiger partial charge in [0.15, 0.2) is 0 Å². The SMILES string of the molecule is CCCn1c(C)nnc1CN(C)CCC(C)O. The lowest BCUT2D eigenvalue weighted by Crippen LogP contribution is -2.24. The molecule has 0 aliphatic carbocycles. The van der Waals surface area contributed by atoms with Crippen molar-refractivity contribution in [2.75, 3.05) is 13.6 Å². The predicted octanol–water partition coefficient (Wildman–Crippen LogP) is 1.20. The lowest BCUT2D eigenvalue weighted by molar-refractivity contribution is 0.161. The highest BCUT2D eigenvalue weighted by molar-refractivity contribution is 4.93. The molecule has 0 aliphatic rings. The molecule has 0 spiro atoms. The Morgan fingerprint density at radius 2 is 2.12 bits per heavy atom. The highest BCUT2D eigenvalue weighted by Gasteiger charge is 2.10. The molecule has 17 heavy (non-hydrogen) atoms. The Hall–Kier alpha value is -0.940. The highest BCUT2D eigenvalue weighted by Crippen LogP contribution is 2.06. The second kappa shape index (κ2) is 6.71. The van der Waals surface area contributed by atoms with Crippen LogP contribution in [0.3, 0.4) is 0 Å². The maximum Gasteiger partial charge on any atom is 0.147 e. The van der Waals surface area contributed by atoms with E-state index in [1.54, 1.807) is 0 Å². The fraction of sp³-hybridized carbons (Fsp3) is 0.833. The average molecular weight is 240 g/mol. The molecular formula is C12H24N4O. The van der Waals surface area contributed by atoms with Gasteiger partial charge < -0.3 is 9.67 Å². The maximum atomic E-state index is 9.25. The second-order valence-electron chi connectivity index (χ2n) is 4.69. The van der Waals surface area contributed by atoms with Gasteiger partial charge in [0, 0.05) is 13.1 Å². The van der Waals surface area contributed by atoms with Crippen LogP contribution in [0.25, 0.3) is 0 Å². The van der Waals surface area contributed by atoms with Crippen LogP contribution in [0.2, 0.25) is 0 Å². The number of hydrogen-bond acceptors (Lipinski definition) is 4. The van der Waals surface area contributed by atoms with E-state index in [1.165, 1.54) is 0 Å². The minimum Gasteiger partial charge on any atom is -0.393 e. The first-order valence-corrected chi connectivity index (χ1v) is 6.29. The first-order valence-electron chi connectivity index (χ1n) is 6.29. The number of aromatic nitrogens is 3. The largest absolute Gasteiger partial charge is 0.393 e. The van der Waals surface area contributed by atoms with E-state index in [-0.39, 0.29) is 6.10 Å². The van der Waals surface area contributed by atoms with Gasteiger partial charge in [-0.15, -0.1) is 10.2 Å². The van der Waals surface area contributed by atoms with Gasteiger partial charge in [-0.2, -0.15) is 0 Å². The molecule has 5 heteroatoms. The van der Waals surface area contributed by atoms with Crippen molar-refractivity contribution in [3.8, 4) is 0 Å². The summed E-state index contributed by atoms with van der Waals surface area (Å²) in [6, 6.07) is 0. The molecule has 1 unspecified atom stereocenters. The summed E-state index contributed by atoms with van der Waals surface area (Å²) in [7, 11) is 2.04. The van der Waals surface area contributed by atoms with Crippen molar-refractivity contribution >= 4 is 0 Å². The third-order valence-electron chi connectivity index (χ3n) is 2.80. The maximum absolute atomic E-state index is 9.25. The van der Waals surface area contributed by atoms with Crippen molar-refractivity contribution < 1.29 is 5.11 Å². The molecule has 1 N–H and O–H groups in total. The number of hydrogen-bond donors (Lipinski definition) is 1. The van der Waals surface area contributed by atoms with Crippen LogP contribution in [-0.4, -0.2) is 44.5 Å². The summed E-state index contributed by atoms with van der Waals surface area (Å²) < 4.78 is 2.17. The molecule has 5 nitrogen and oxygen atoms in total. The fourth-order valence-electron chi connectivity index (χ4n) is 1.78. The molecule has 1 rings (SSSR count). The van der Waals surface area contributed by atoms with Crippen molar-refractivity contribution in [3.63, 3.8) is 0 Å². The van der Waals surface area contributed by atoms with Gasteiger partial charge in [-0.1, -0.05) is 6.92 Å². The van der Waals surface area contributed by atoms with Crippen LogP contribution in [-0.2, 0) is 13.1 Å². The zero-order valence-corrected chi connectivity index (χ0v) is 11.3. The number of aliphatic hydroxyl groups excluding tert-OH is 1. The topological polar surface area (TPSA) is 54.2 Å². The van der Waals surface area contributed by atoms with Gasteiger partial charge in [0.25, 0.3) is 0 Å². The zero-order valence-electron chi connectivity index (χ0n) is 11.3. The number of aliphatic hydroxyl groups is 1. The van der Waals surface area contributed by atoms with Gasteiger partial charge in [-0.3, -0.25) is 4.90 Å². The summed E-state index contributed by atoms with van der Waals surface area (Å²) in [5.41, 5.74) is 0. The van der Waals surface area contributed by atoms with E-state index in [1.807, 2.05) is 20.9 Å². The molecule has 0 aliphatic heterocycles. The second-order valence-corrected chi connectivity index (χ2v) is 4.69. The molecule has 0 amide bonds. The van der Waals surface area contributed by atoms with Gasteiger partial charge in [-0.05, 0) is 33.7 Å². The van der Waals surface area contributed by atoms with E-state index in [2.05, 4.69) is 26.6 Å². The zero-order chi connectivity index (χ0) is 12.8. The van der Waals surface area contributed by atoms with Crippen LogP contribution in [0.4, 0.5) is 0 Å². The molecule has 0 fully saturated rings. The van der Waals surface area contributed by atoms with E-state index in [0.717, 1.165) is 44.1 Å². The first-order chi connectivity index (χ1) is 8.04. The summed E-state index contributed by atoms with van der Waals surface area (Å²) >= 11 is 0. The smallest absolute Gasteiger partial charge is 0.147 e. The van der Waals surface area contributed by atoms with Crippen LogP contribution in [0.1, 0.15) is 38.3 Å². The van der Waals surface area contributed by atoms with E-state index in [9.17, 15) is 5.11 Å². The van der Waals surface area contributed by atoms with Crippen molar-refractivity contribution in [2.24, 2.45) is 0 Å². The van der Waals surface area contributed by atoms with Crippen LogP contribution >= 0.6 is 0 Å². The lowest BCUT2D eigenvalue weighted by atomic mass is 10.3. The molecule has 1 heterocycles. The molecule has 0 radical (unpaired) electrons. The standard InChI is InChI=1S/C12H24N4O/c1-5-7-16-11(3)13-14-12(16)9-15(4)8-6-10(2)17/h10,17H,5-9H2,1-4H3. The molecule has 98 valence electrons. The monoisotopic (exact) mass is 240 g/mol. The molecule has 1 aromatic heterocycles. The molecule has 0 bridgehead atoms. The normalized spacial score (nSPS) is 13.3. The van der Waals surface area contributed by atoms with E-state index in [4.69, 9.17) is 0 Å². The Bertz CT molecular complexity index is 335. The summed E-state index contributed by atoms with van der Waals surface area (Å²) in [4.78, 5) is 2.17. The van der Waals surface area contributed by atoms with Gasteiger partial charge in [-0.25, -0.2) is 0 Å². The number of rotatable bonds is 7. The Morgan fingerprint density at radius 1 is 1.41 bits per heavy atom. The Balaban J connectivity index is 2.55. The van der Waals surface area contributed by atoms with Gasteiger partial charge in [0.1, 0.15) is 11.6 Å².